The Bertz CT molecular complexity index is 441. The van der Waals surface area contributed by atoms with E-state index >= 15 is 0 Å². The largest absolute Gasteiger partial charge is 0.383 e. The second-order valence-electron chi connectivity index (χ2n) is 6.32. The maximum absolute atomic E-state index is 5.83. The Balaban J connectivity index is 2.04. The van der Waals surface area contributed by atoms with Crippen molar-refractivity contribution in [3.8, 4) is 0 Å². The van der Waals surface area contributed by atoms with Gasteiger partial charge in [0.05, 0.1) is 0 Å². The molecule has 0 saturated heterocycles. The Kier molecular flexibility index (Phi) is 5.13. The van der Waals surface area contributed by atoms with Gasteiger partial charge < -0.3 is 11.1 Å². The van der Waals surface area contributed by atoms with Crippen LogP contribution in [0.4, 0.5) is 11.6 Å². The van der Waals surface area contributed by atoms with Crippen molar-refractivity contribution in [1.29, 1.82) is 0 Å². The highest BCUT2D eigenvalue weighted by Gasteiger charge is 2.34. The molecule has 0 unspecified atom stereocenters. The first-order valence-electron chi connectivity index (χ1n) is 7.45. The number of nitrogen functional groups attached to an aromatic ring is 1. The smallest absolute Gasteiger partial charge is 0.191 e. The molecule has 1 aromatic rings. The van der Waals surface area contributed by atoms with Gasteiger partial charge in [-0.2, -0.15) is 0 Å². The third kappa shape index (κ3) is 4.01. The van der Waals surface area contributed by atoms with Gasteiger partial charge in [0.1, 0.15) is 11.6 Å². The van der Waals surface area contributed by atoms with E-state index in [2.05, 4.69) is 29.1 Å². The minimum Gasteiger partial charge on any atom is -0.383 e. The van der Waals surface area contributed by atoms with Crippen molar-refractivity contribution < 1.29 is 0 Å². The summed E-state index contributed by atoms with van der Waals surface area (Å²) in [7, 11) is 0. The van der Waals surface area contributed by atoms with Crippen LogP contribution >= 0.6 is 11.8 Å². The van der Waals surface area contributed by atoms with Gasteiger partial charge in [0, 0.05) is 12.6 Å². The molecule has 0 spiro atoms. The molecule has 1 fully saturated rings. The van der Waals surface area contributed by atoms with Gasteiger partial charge in [0.15, 0.2) is 5.16 Å². The Labute approximate surface area is 126 Å². The third-order valence-corrected chi connectivity index (χ3v) is 4.61. The summed E-state index contributed by atoms with van der Waals surface area (Å²) in [5.74, 6) is 2.14. The molecular weight excluding hydrogens is 268 g/mol. The fourth-order valence-corrected chi connectivity index (χ4v) is 3.73. The number of aromatic nitrogens is 2. The lowest BCUT2D eigenvalue weighted by Gasteiger charge is -2.31. The molecule has 1 aromatic heterocycles. The van der Waals surface area contributed by atoms with E-state index in [0.29, 0.717) is 11.2 Å². The molecule has 112 valence electrons. The lowest BCUT2D eigenvalue weighted by molar-refractivity contribution is 0.252. The van der Waals surface area contributed by atoms with E-state index in [4.69, 9.17) is 5.73 Å². The van der Waals surface area contributed by atoms with Crippen molar-refractivity contribution in [3.63, 3.8) is 0 Å². The van der Waals surface area contributed by atoms with Gasteiger partial charge in [-0.3, -0.25) is 0 Å². The Hall–Kier alpha value is -0.970. The molecule has 0 amide bonds. The van der Waals surface area contributed by atoms with Crippen LogP contribution in [0.15, 0.2) is 11.2 Å². The van der Waals surface area contributed by atoms with Crippen LogP contribution in [-0.2, 0) is 0 Å². The molecule has 1 aliphatic carbocycles. The lowest BCUT2D eigenvalue weighted by Crippen LogP contribution is -2.28. The summed E-state index contributed by atoms with van der Waals surface area (Å²) in [5.41, 5.74) is 6.27. The standard InChI is InChI=1S/C15H26N4S/c1-11(2)9-15(6-4-5-7-15)10-17-13-8-12(16)18-14(19-13)20-3/h8,11H,4-7,9-10H2,1-3H3,(H3,16,17,18,19). The van der Waals surface area contributed by atoms with Crippen molar-refractivity contribution in [1.82, 2.24) is 9.97 Å². The number of anilines is 2. The van der Waals surface area contributed by atoms with Crippen LogP contribution in [0.5, 0.6) is 0 Å². The van der Waals surface area contributed by atoms with E-state index in [-0.39, 0.29) is 0 Å². The highest BCUT2D eigenvalue weighted by atomic mass is 32.2. The van der Waals surface area contributed by atoms with Crippen molar-refractivity contribution in [3.05, 3.63) is 6.07 Å². The van der Waals surface area contributed by atoms with E-state index in [0.717, 1.165) is 23.4 Å². The maximum atomic E-state index is 5.83. The normalized spacial score (nSPS) is 17.6. The molecule has 0 radical (unpaired) electrons. The zero-order valence-electron chi connectivity index (χ0n) is 12.8. The van der Waals surface area contributed by atoms with Crippen LogP contribution in [-0.4, -0.2) is 22.8 Å². The molecule has 1 heterocycles. The summed E-state index contributed by atoms with van der Waals surface area (Å²) in [6.07, 6.45) is 8.63. The van der Waals surface area contributed by atoms with Crippen LogP contribution in [0.2, 0.25) is 0 Å². The average molecular weight is 294 g/mol. The summed E-state index contributed by atoms with van der Waals surface area (Å²) in [6.45, 7) is 5.62. The van der Waals surface area contributed by atoms with E-state index in [1.165, 1.54) is 43.9 Å². The SMILES string of the molecule is CSc1nc(N)cc(NCC2(CC(C)C)CCCC2)n1. The quantitative estimate of drug-likeness (QED) is 0.617. The number of nitrogens with zero attached hydrogens (tertiary/aromatic N) is 2. The molecule has 1 aliphatic rings. The van der Waals surface area contributed by atoms with Gasteiger partial charge in [-0.15, -0.1) is 0 Å². The van der Waals surface area contributed by atoms with Crippen molar-refractivity contribution in [2.24, 2.45) is 11.3 Å². The molecule has 0 aliphatic heterocycles. The highest BCUT2D eigenvalue weighted by molar-refractivity contribution is 7.98. The fraction of sp³-hybridized carbons (Fsp3) is 0.733. The maximum Gasteiger partial charge on any atom is 0.191 e. The molecular formula is C15H26N4S. The van der Waals surface area contributed by atoms with Gasteiger partial charge in [0.2, 0.25) is 0 Å². The zero-order chi connectivity index (χ0) is 14.6. The van der Waals surface area contributed by atoms with E-state index in [9.17, 15) is 0 Å². The topological polar surface area (TPSA) is 63.8 Å². The Morgan fingerprint density at radius 2 is 2.05 bits per heavy atom. The molecule has 1 saturated carbocycles. The minimum atomic E-state index is 0.438. The summed E-state index contributed by atoms with van der Waals surface area (Å²) in [4.78, 5) is 8.67. The number of nitrogens with one attached hydrogen (secondary N) is 1. The van der Waals surface area contributed by atoms with Crippen molar-refractivity contribution >= 4 is 23.4 Å². The molecule has 4 nitrogen and oxygen atoms in total. The number of hydrogen-bond donors (Lipinski definition) is 2. The average Bonchev–Trinajstić information content (AvgIpc) is 2.84. The highest BCUT2D eigenvalue weighted by Crippen LogP contribution is 2.43. The molecule has 20 heavy (non-hydrogen) atoms. The van der Waals surface area contributed by atoms with Crippen LogP contribution in [0.25, 0.3) is 0 Å². The second-order valence-corrected chi connectivity index (χ2v) is 7.10. The third-order valence-electron chi connectivity index (χ3n) is 4.06. The summed E-state index contributed by atoms with van der Waals surface area (Å²) >= 11 is 1.52. The van der Waals surface area contributed by atoms with Gasteiger partial charge >= 0.3 is 0 Å². The zero-order valence-corrected chi connectivity index (χ0v) is 13.6. The van der Waals surface area contributed by atoms with E-state index < -0.39 is 0 Å². The number of rotatable bonds is 6. The predicted molar refractivity (Wildman–Crippen MR) is 87.1 cm³/mol. The van der Waals surface area contributed by atoms with Gasteiger partial charge in [-0.25, -0.2) is 9.97 Å². The molecule has 0 atom stereocenters. The van der Waals surface area contributed by atoms with Gasteiger partial charge in [-0.05, 0) is 36.9 Å². The lowest BCUT2D eigenvalue weighted by atomic mass is 9.78. The van der Waals surface area contributed by atoms with Crippen LogP contribution < -0.4 is 11.1 Å². The van der Waals surface area contributed by atoms with Crippen LogP contribution in [0.3, 0.4) is 0 Å². The molecule has 0 aromatic carbocycles. The molecule has 2 rings (SSSR count). The molecule has 0 bridgehead atoms. The fourth-order valence-electron chi connectivity index (χ4n) is 3.35. The first kappa shape index (κ1) is 15.4. The summed E-state index contributed by atoms with van der Waals surface area (Å²) < 4.78 is 0. The van der Waals surface area contributed by atoms with E-state index in [1.807, 2.05) is 12.3 Å². The first-order valence-corrected chi connectivity index (χ1v) is 8.68. The van der Waals surface area contributed by atoms with Crippen LogP contribution in [0.1, 0.15) is 46.0 Å². The Morgan fingerprint density at radius 1 is 1.35 bits per heavy atom. The van der Waals surface area contributed by atoms with E-state index in [1.54, 1.807) is 0 Å². The summed E-state index contributed by atoms with van der Waals surface area (Å²) in [5, 5.41) is 4.24. The number of nitrogens with two attached hydrogens (primary N) is 1. The van der Waals surface area contributed by atoms with Crippen molar-refractivity contribution in [2.45, 2.75) is 51.1 Å². The second kappa shape index (κ2) is 6.66. The predicted octanol–water partition coefficient (Wildman–Crippen LogP) is 3.80. The molecule has 3 N–H and O–H groups in total. The van der Waals surface area contributed by atoms with Crippen molar-refractivity contribution in [2.75, 3.05) is 23.9 Å². The van der Waals surface area contributed by atoms with Crippen LogP contribution in [0, 0.1) is 11.3 Å². The number of hydrogen-bond acceptors (Lipinski definition) is 5. The molecule has 5 heteroatoms. The summed E-state index contributed by atoms with van der Waals surface area (Å²) in [6, 6.07) is 1.83. The first-order chi connectivity index (χ1) is 9.53. The minimum absolute atomic E-state index is 0.438. The van der Waals surface area contributed by atoms with Gasteiger partial charge in [-0.1, -0.05) is 38.5 Å². The number of thioether (sulfide) groups is 1. The monoisotopic (exact) mass is 294 g/mol. The Morgan fingerprint density at radius 3 is 2.65 bits per heavy atom. The van der Waals surface area contributed by atoms with Gasteiger partial charge in [0.25, 0.3) is 0 Å².